The average molecular weight is 464 g/mol. The molecule has 1 atom stereocenters. The molecule has 3 nitrogen and oxygen atoms in total. The van der Waals surface area contributed by atoms with E-state index in [1.165, 1.54) is 11.6 Å². The van der Waals surface area contributed by atoms with Gasteiger partial charge in [-0.05, 0) is 53.4 Å². The SMILES string of the molecule is CCC1C=CC=NC(c2nn(Cc3ccccc3F)c(-c3ccc(C)cc3)c2Br)=C1. The Morgan fingerprint density at radius 2 is 1.87 bits per heavy atom. The summed E-state index contributed by atoms with van der Waals surface area (Å²) in [5.41, 5.74) is 5.29. The van der Waals surface area contributed by atoms with Crippen LogP contribution in [0.15, 0.2) is 76.2 Å². The van der Waals surface area contributed by atoms with Gasteiger partial charge in [0.2, 0.25) is 0 Å². The van der Waals surface area contributed by atoms with Crippen molar-refractivity contribution in [3.8, 4) is 11.3 Å². The summed E-state index contributed by atoms with van der Waals surface area (Å²) in [7, 11) is 0. The minimum absolute atomic E-state index is 0.234. The van der Waals surface area contributed by atoms with Crippen molar-refractivity contribution in [1.82, 2.24) is 9.78 Å². The molecule has 1 aromatic heterocycles. The highest BCUT2D eigenvalue weighted by molar-refractivity contribution is 9.10. The molecule has 5 heteroatoms. The average Bonchev–Trinajstić information content (AvgIpc) is 2.92. The first-order valence-corrected chi connectivity index (χ1v) is 10.9. The minimum Gasteiger partial charge on any atom is -0.258 e. The molecule has 0 radical (unpaired) electrons. The lowest BCUT2D eigenvalue weighted by atomic mass is 10.0. The number of hydrogen-bond acceptors (Lipinski definition) is 2. The van der Waals surface area contributed by atoms with Crippen LogP contribution < -0.4 is 0 Å². The molecular formula is C25H23BrFN3. The molecule has 0 N–H and O–H groups in total. The van der Waals surface area contributed by atoms with E-state index in [2.05, 4.69) is 71.2 Å². The normalized spacial score (nSPS) is 15.9. The Hall–Kier alpha value is -2.79. The van der Waals surface area contributed by atoms with Gasteiger partial charge in [-0.2, -0.15) is 5.10 Å². The Kier molecular flexibility index (Phi) is 6.09. The molecule has 1 aliphatic heterocycles. The first kappa shape index (κ1) is 20.5. The Bertz CT molecular complexity index is 1140. The first-order valence-electron chi connectivity index (χ1n) is 10.1. The van der Waals surface area contributed by atoms with E-state index >= 15 is 0 Å². The molecule has 152 valence electrons. The second-order valence-electron chi connectivity index (χ2n) is 7.41. The van der Waals surface area contributed by atoms with Crippen LogP contribution in [0.25, 0.3) is 17.0 Å². The number of benzene rings is 2. The van der Waals surface area contributed by atoms with Crippen LogP contribution in [0, 0.1) is 18.7 Å². The molecule has 0 spiro atoms. The van der Waals surface area contributed by atoms with Gasteiger partial charge in [0, 0.05) is 17.3 Å². The predicted octanol–water partition coefficient (Wildman–Crippen LogP) is 6.82. The number of aromatic nitrogens is 2. The van der Waals surface area contributed by atoms with Crippen molar-refractivity contribution in [2.45, 2.75) is 26.8 Å². The van der Waals surface area contributed by atoms with E-state index in [0.29, 0.717) is 18.0 Å². The predicted molar refractivity (Wildman–Crippen MR) is 125 cm³/mol. The van der Waals surface area contributed by atoms with E-state index in [1.807, 2.05) is 16.8 Å². The molecule has 2 aromatic carbocycles. The molecule has 0 saturated heterocycles. The lowest BCUT2D eigenvalue weighted by Crippen LogP contribution is -2.06. The standard InChI is InChI=1S/C25H23BrFN3/c1-3-18-7-6-14-28-22(15-18)24-23(26)25(19-12-10-17(2)11-13-19)30(29-24)16-20-8-4-5-9-21(20)27/h4-15,18H,3,16H2,1-2H3. The molecule has 4 rings (SSSR count). The largest absolute Gasteiger partial charge is 0.258 e. The van der Waals surface area contributed by atoms with Crippen molar-refractivity contribution in [3.63, 3.8) is 0 Å². The van der Waals surface area contributed by atoms with Crippen molar-refractivity contribution in [3.05, 3.63) is 93.9 Å². The fraction of sp³-hybridized carbons (Fsp3) is 0.200. The summed E-state index contributed by atoms with van der Waals surface area (Å²) < 4.78 is 17.1. The molecule has 0 fully saturated rings. The number of hydrogen-bond donors (Lipinski definition) is 0. The number of aliphatic imine (C=N–C) groups is 1. The van der Waals surface area contributed by atoms with Gasteiger partial charge >= 0.3 is 0 Å². The van der Waals surface area contributed by atoms with Gasteiger partial charge in [-0.25, -0.2) is 4.39 Å². The quantitative estimate of drug-likeness (QED) is 0.408. The molecule has 3 aromatic rings. The highest BCUT2D eigenvalue weighted by atomic mass is 79.9. The van der Waals surface area contributed by atoms with E-state index in [9.17, 15) is 4.39 Å². The van der Waals surface area contributed by atoms with Gasteiger partial charge in [0.1, 0.15) is 11.5 Å². The zero-order valence-corrected chi connectivity index (χ0v) is 18.6. The molecule has 2 heterocycles. The van der Waals surface area contributed by atoms with Crippen molar-refractivity contribution in [2.75, 3.05) is 0 Å². The van der Waals surface area contributed by atoms with Gasteiger partial charge in [0.25, 0.3) is 0 Å². The van der Waals surface area contributed by atoms with Gasteiger partial charge in [-0.1, -0.05) is 61.0 Å². The zero-order chi connectivity index (χ0) is 21.1. The maximum Gasteiger partial charge on any atom is 0.128 e. The van der Waals surface area contributed by atoms with E-state index < -0.39 is 0 Å². The van der Waals surface area contributed by atoms with Crippen LogP contribution in [-0.4, -0.2) is 16.0 Å². The van der Waals surface area contributed by atoms with Crippen molar-refractivity contribution in [2.24, 2.45) is 10.9 Å². The van der Waals surface area contributed by atoms with Crippen molar-refractivity contribution in [1.29, 1.82) is 0 Å². The third-order valence-corrected chi connectivity index (χ3v) is 5.99. The molecular weight excluding hydrogens is 441 g/mol. The summed E-state index contributed by atoms with van der Waals surface area (Å²) in [6, 6.07) is 15.1. The van der Waals surface area contributed by atoms with Crippen LogP contribution in [0.5, 0.6) is 0 Å². The maximum atomic E-state index is 14.4. The smallest absolute Gasteiger partial charge is 0.128 e. The van der Waals surface area contributed by atoms with E-state index in [-0.39, 0.29) is 5.82 Å². The summed E-state index contributed by atoms with van der Waals surface area (Å²) in [5, 5.41) is 4.87. The van der Waals surface area contributed by atoms with Crippen molar-refractivity contribution < 1.29 is 4.39 Å². The fourth-order valence-electron chi connectivity index (χ4n) is 3.50. The first-order chi connectivity index (χ1) is 14.6. The van der Waals surface area contributed by atoms with Gasteiger partial charge in [-0.15, -0.1) is 0 Å². The minimum atomic E-state index is -0.234. The lowest BCUT2D eigenvalue weighted by molar-refractivity contribution is 0.586. The van der Waals surface area contributed by atoms with Crippen LogP contribution in [0.1, 0.15) is 30.2 Å². The maximum absolute atomic E-state index is 14.4. The molecule has 0 aliphatic carbocycles. The lowest BCUT2D eigenvalue weighted by Gasteiger charge is -2.09. The number of aryl methyl sites for hydroxylation is 1. The monoisotopic (exact) mass is 463 g/mol. The zero-order valence-electron chi connectivity index (χ0n) is 17.0. The Balaban J connectivity index is 1.86. The number of rotatable bonds is 5. The highest BCUT2D eigenvalue weighted by Crippen LogP contribution is 2.36. The molecule has 0 saturated carbocycles. The number of allylic oxidation sites excluding steroid dienone is 3. The highest BCUT2D eigenvalue weighted by Gasteiger charge is 2.21. The second kappa shape index (κ2) is 8.92. The fourth-order valence-corrected chi connectivity index (χ4v) is 4.22. The molecule has 1 aliphatic rings. The number of nitrogens with zero attached hydrogens (tertiary/aromatic N) is 3. The summed E-state index contributed by atoms with van der Waals surface area (Å²) in [5.74, 6) is 0.0661. The van der Waals surface area contributed by atoms with E-state index in [0.717, 1.165) is 33.5 Å². The van der Waals surface area contributed by atoms with Crippen LogP contribution in [0.3, 0.4) is 0 Å². The molecule has 1 unspecified atom stereocenters. The Morgan fingerprint density at radius 1 is 1.10 bits per heavy atom. The van der Waals surface area contributed by atoms with Crippen molar-refractivity contribution >= 4 is 27.8 Å². The summed E-state index contributed by atoms with van der Waals surface area (Å²) in [6.45, 7) is 4.54. The topological polar surface area (TPSA) is 30.2 Å². The van der Waals surface area contributed by atoms with E-state index in [1.54, 1.807) is 18.3 Å². The van der Waals surface area contributed by atoms with Gasteiger partial charge < -0.3 is 0 Å². The van der Waals surface area contributed by atoms with Crippen LogP contribution >= 0.6 is 15.9 Å². The summed E-state index contributed by atoms with van der Waals surface area (Å²) >= 11 is 3.78. The van der Waals surface area contributed by atoms with Gasteiger partial charge in [0.15, 0.2) is 0 Å². The molecule has 0 bridgehead atoms. The Labute approximate surface area is 184 Å². The van der Waals surface area contributed by atoms with Crippen LogP contribution in [0.2, 0.25) is 0 Å². The third kappa shape index (κ3) is 4.21. The number of halogens is 2. The van der Waals surface area contributed by atoms with E-state index in [4.69, 9.17) is 5.10 Å². The molecule has 30 heavy (non-hydrogen) atoms. The third-order valence-electron chi connectivity index (χ3n) is 5.24. The molecule has 0 amide bonds. The Morgan fingerprint density at radius 3 is 2.60 bits per heavy atom. The van der Waals surface area contributed by atoms with Crippen LogP contribution in [-0.2, 0) is 6.54 Å². The second-order valence-corrected chi connectivity index (χ2v) is 8.21. The van der Waals surface area contributed by atoms with Gasteiger partial charge in [-0.3, -0.25) is 9.67 Å². The van der Waals surface area contributed by atoms with Gasteiger partial charge in [0.05, 0.1) is 22.4 Å². The van der Waals surface area contributed by atoms with Crippen LogP contribution in [0.4, 0.5) is 4.39 Å². The summed E-state index contributed by atoms with van der Waals surface area (Å²) in [4.78, 5) is 4.61. The summed E-state index contributed by atoms with van der Waals surface area (Å²) in [6.07, 6.45) is 9.04.